The second kappa shape index (κ2) is 5.68. The quantitative estimate of drug-likeness (QED) is 0.868. The lowest BCUT2D eigenvalue weighted by atomic mass is 9.93. The highest BCUT2D eigenvalue weighted by molar-refractivity contribution is 6.05. The van der Waals surface area contributed by atoms with Crippen molar-refractivity contribution in [1.82, 2.24) is 10.1 Å². The van der Waals surface area contributed by atoms with E-state index in [0.717, 1.165) is 11.4 Å². The van der Waals surface area contributed by atoms with Crippen LogP contribution >= 0.6 is 0 Å². The topological polar surface area (TPSA) is 59.2 Å². The van der Waals surface area contributed by atoms with Crippen LogP contribution in [0.15, 0.2) is 28.9 Å². The number of aryl methyl sites for hydroxylation is 1. The van der Waals surface area contributed by atoms with E-state index >= 15 is 0 Å². The minimum atomic E-state index is -0.174. The largest absolute Gasteiger partial charge is 0.360 e. The zero-order valence-corrected chi connectivity index (χ0v) is 13.2. The number of carbonyl (C=O) groups is 1. The van der Waals surface area contributed by atoms with Gasteiger partial charge in [0.1, 0.15) is 5.76 Å². The van der Waals surface area contributed by atoms with Crippen LogP contribution in [0.25, 0.3) is 0 Å². The number of aromatic nitrogens is 2. The molecule has 0 saturated heterocycles. The molecule has 112 valence electrons. The summed E-state index contributed by atoms with van der Waals surface area (Å²) in [5, 5.41) is 3.92. The molecule has 5 nitrogen and oxygen atoms in total. The number of hydrogen-bond donors (Lipinski definition) is 0. The fourth-order valence-corrected chi connectivity index (χ4v) is 2.05. The Hall–Kier alpha value is -2.17. The fraction of sp³-hybridized carbons (Fsp3) is 0.438. The van der Waals surface area contributed by atoms with Gasteiger partial charge in [0.2, 0.25) is 0 Å². The van der Waals surface area contributed by atoms with Gasteiger partial charge in [-0.15, -0.1) is 0 Å². The van der Waals surface area contributed by atoms with E-state index < -0.39 is 0 Å². The summed E-state index contributed by atoms with van der Waals surface area (Å²) >= 11 is 0. The van der Waals surface area contributed by atoms with E-state index in [0.29, 0.717) is 18.0 Å². The molecule has 5 heteroatoms. The van der Waals surface area contributed by atoms with E-state index in [2.05, 4.69) is 10.1 Å². The molecule has 0 unspecified atom stereocenters. The molecule has 0 aliphatic heterocycles. The highest BCUT2D eigenvalue weighted by atomic mass is 16.5. The summed E-state index contributed by atoms with van der Waals surface area (Å²) in [7, 11) is 0. The molecule has 0 aliphatic carbocycles. The van der Waals surface area contributed by atoms with Gasteiger partial charge in [0.15, 0.2) is 5.69 Å². The van der Waals surface area contributed by atoms with Gasteiger partial charge in [-0.1, -0.05) is 25.9 Å². The number of hydrogen-bond acceptors (Lipinski definition) is 4. The van der Waals surface area contributed by atoms with Crippen molar-refractivity contribution in [3.05, 3.63) is 41.5 Å². The second-order valence-corrected chi connectivity index (χ2v) is 5.98. The van der Waals surface area contributed by atoms with E-state index in [9.17, 15) is 4.79 Å². The summed E-state index contributed by atoms with van der Waals surface area (Å²) in [6.45, 7) is 10.4. The summed E-state index contributed by atoms with van der Waals surface area (Å²) in [4.78, 5) is 18.5. The van der Waals surface area contributed by atoms with Crippen molar-refractivity contribution in [1.29, 1.82) is 0 Å². The first-order chi connectivity index (χ1) is 9.84. The van der Waals surface area contributed by atoms with E-state index in [4.69, 9.17) is 4.52 Å². The van der Waals surface area contributed by atoms with Gasteiger partial charge in [-0.2, -0.15) is 0 Å². The lowest BCUT2D eigenvalue weighted by Gasteiger charge is -2.21. The maximum Gasteiger partial charge on any atom is 0.280 e. The SMILES string of the molecule is CCN(C(=O)c1cc(C(C)(C)C)on1)c1cccnc1C. The molecule has 0 bridgehead atoms. The van der Waals surface area contributed by atoms with Crippen LogP contribution in [0.5, 0.6) is 0 Å². The molecule has 0 saturated carbocycles. The number of rotatable bonds is 3. The second-order valence-electron chi connectivity index (χ2n) is 5.98. The first-order valence-corrected chi connectivity index (χ1v) is 7.05. The van der Waals surface area contributed by atoms with E-state index in [-0.39, 0.29) is 11.3 Å². The van der Waals surface area contributed by atoms with Gasteiger partial charge in [0.25, 0.3) is 5.91 Å². The molecule has 0 radical (unpaired) electrons. The monoisotopic (exact) mass is 287 g/mol. The normalized spacial score (nSPS) is 11.5. The third-order valence-corrected chi connectivity index (χ3v) is 3.30. The maximum absolute atomic E-state index is 12.6. The van der Waals surface area contributed by atoms with Crippen molar-refractivity contribution in [2.24, 2.45) is 0 Å². The Kier molecular flexibility index (Phi) is 4.11. The Balaban J connectivity index is 2.33. The van der Waals surface area contributed by atoms with E-state index in [1.54, 1.807) is 17.2 Å². The van der Waals surface area contributed by atoms with Gasteiger partial charge in [-0.25, -0.2) is 0 Å². The van der Waals surface area contributed by atoms with E-state index in [1.165, 1.54) is 0 Å². The molecular weight excluding hydrogens is 266 g/mol. The lowest BCUT2D eigenvalue weighted by Crippen LogP contribution is -2.31. The number of nitrogens with zero attached hydrogens (tertiary/aromatic N) is 3. The molecule has 21 heavy (non-hydrogen) atoms. The molecule has 2 heterocycles. The van der Waals surface area contributed by atoms with Crippen LogP contribution in [0.3, 0.4) is 0 Å². The van der Waals surface area contributed by atoms with Crippen LogP contribution < -0.4 is 4.90 Å². The third kappa shape index (κ3) is 3.12. The highest BCUT2D eigenvalue weighted by Crippen LogP contribution is 2.24. The molecule has 2 aromatic heterocycles. The number of carbonyl (C=O) groups excluding carboxylic acids is 1. The molecule has 2 rings (SSSR count). The van der Waals surface area contributed by atoms with Crippen molar-refractivity contribution < 1.29 is 9.32 Å². The Morgan fingerprint density at radius 3 is 2.62 bits per heavy atom. The predicted octanol–water partition coefficient (Wildman–Crippen LogP) is 3.34. The Morgan fingerprint density at radius 2 is 2.10 bits per heavy atom. The molecule has 2 aromatic rings. The molecule has 0 aromatic carbocycles. The van der Waals surface area contributed by atoms with Crippen molar-refractivity contribution >= 4 is 11.6 Å². The summed E-state index contributed by atoms with van der Waals surface area (Å²) in [5.74, 6) is 0.526. The Morgan fingerprint density at radius 1 is 1.38 bits per heavy atom. The van der Waals surface area contributed by atoms with Crippen LogP contribution in [-0.4, -0.2) is 22.6 Å². The summed E-state index contributed by atoms with van der Waals surface area (Å²) in [6, 6.07) is 5.42. The molecule has 0 spiro atoms. The predicted molar refractivity (Wildman–Crippen MR) is 81.5 cm³/mol. The molecule has 0 aliphatic rings. The molecule has 0 fully saturated rings. The molecule has 0 atom stereocenters. The van der Waals surface area contributed by atoms with Crippen molar-refractivity contribution in [2.75, 3.05) is 11.4 Å². The van der Waals surface area contributed by atoms with Gasteiger partial charge >= 0.3 is 0 Å². The summed E-state index contributed by atoms with van der Waals surface area (Å²) < 4.78 is 5.30. The first kappa shape index (κ1) is 15.2. The van der Waals surface area contributed by atoms with Crippen LogP contribution in [0.4, 0.5) is 5.69 Å². The molecule has 1 amide bonds. The summed E-state index contributed by atoms with van der Waals surface area (Å²) in [6.07, 6.45) is 1.71. The number of anilines is 1. The van der Waals surface area contributed by atoms with Crippen LogP contribution in [0.2, 0.25) is 0 Å². The third-order valence-electron chi connectivity index (χ3n) is 3.30. The van der Waals surface area contributed by atoms with Crippen molar-refractivity contribution in [3.8, 4) is 0 Å². The number of pyridine rings is 1. The summed E-state index contributed by atoms with van der Waals surface area (Å²) in [5.41, 5.74) is 1.76. The van der Waals surface area contributed by atoms with Gasteiger partial charge in [0, 0.05) is 24.2 Å². The average Bonchev–Trinajstić information content (AvgIpc) is 2.91. The minimum absolute atomic E-state index is 0.173. The maximum atomic E-state index is 12.6. The highest BCUT2D eigenvalue weighted by Gasteiger charge is 2.25. The Bertz CT molecular complexity index is 641. The van der Waals surface area contributed by atoms with Crippen LogP contribution in [0.1, 0.15) is 49.6 Å². The first-order valence-electron chi connectivity index (χ1n) is 7.05. The minimum Gasteiger partial charge on any atom is -0.360 e. The van der Waals surface area contributed by atoms with Crippen LogP contribution in [-0.2, 0) is 5.41 Å². The average molecular weight is 287 g/mol. The van der Waals surface area contributed by atoms with Gasteiger partial charge < -0.3 is 9.42 Å². The Labute approximate surface area is 125 Å². The number of amides is 1. The molecular formula is C16H21N3O2. The zero-order chi connectivity index (χ0) is 15.6. The zero-order valence-electron chi connectivity index (χ0n) is 13.2. The lowest BCUT2D eigenvalue weighted by molar-refractivity contribution is 0.0979. The van der Waals surface area contributed by atoms with Crippen LogP contribution in [0, 0.1) is 6.92 Å². The van der Waals surface area contributed by atoms with E-state index in [1.807, 2.05) is 46.8 Å². The van der Waals surface area contributed by atoms with Gasteiger partial charge in [-0.3, -0.25) is 9.78 Å². The van der Waals surface area contributed by atoms with Crippen molar-refractivity contribution in [2.45, 2.75) is 40.0 Å². The molecule has 0 N–H and O–H groups in total. The van der Waals surface area contributed by atoms with Gasteiger partial charge in [0.05, 0.1) is 11.4 Å². The fourth-order valence-electron chi connectivity index (χ4n) is 2.05. The standard InChI is InChI=1S/C16H21N3O2/c1-6-19(13-8-7-9-17-11(13)2)15(20)12-10-14(21-18-12)16(3,4)5/h7-10H,6H2,1-5H3. The van der Waals surface area contributed by atoms with Gasteiger partial charge in [-0.05, 0) is 26.0 Å². The smallest absolute Gasteiger partial charge is 0.280 e. The van der Waals surface area contributed by atoms with Crippen molar-refractivity contribution in [3.63, 3.8) is 0 Å².